The number of carbonyl (C=O) groups is 1. The van der Waals surface area contributed by atoms with Gasteiger partial charge in [0.25, 0.3) is 0 Å². The Morgan fingerprint density at radius 3 is 2.57 bits per heavy atom. The van der Waals surface area contributed by atoms with Crippen molar-refractivity contribution in [3.05, 3.63) is 41.5 Å². The Bertz CT molecular complexity index is 914. The number of amides is 1. The van der Waals surface area contributed by atoms with Gasteiger partial charge in [-0.05, 0) is 37.7 Å². The van der Waals surface area contributed by atoms with Crippen LogP contribution in [0.4, 0.5) is 0 Å². The minimum atomic E-state index is -1.41. The van der Waals surface area contributed by atoms with Crippen molar-refractivity contribution in [2.45, 2.75) is 73.7 Å². The number of hydrogen-bond donors (Lipinski definition) is 5. The molecule has 4 rings (SSSR count). The number of allylic oxidation sites excluding steroid dienone is 1. The summed E-state index contributed by atoms with van der Waals surface area (Å²) in [6.45, 7) is 4.80. The topological polar surface area (TPSA) is 120 Å². The van der Waals surface area contributed by atoms with E-state index in [0.29, 0.717) is 13.2 Å². The molecule has 2 saturated heterocycles. The Morgan fingerprint density at radius 2 is 1.91 bits per heavy atom. The summed E-state index contributed by atoms with van der Waals surface area (Å²) in [5.41, 5.74) is 2.83. The second-order valence-corrected chi connectivity index (χ2v) is 11.3. The van der Waals surface area contributed by atoms with Crippen molar-refractivity contribution < 1.29 is 29.6 Å². The van der Waals surface area contributed by atoms with Crippen LogP contribution in [0.25, 0.3) is 5.57 Å². The van der Waals surface area contributed by atoms with Crippen molar-refractivity contribution >= 4 is 34.8 Å². The molecule has 3 aliphatic heterocycles. The van der Waals surface area contributed by atoms with Crippen LogP contribution in [0.15, 0.2) is 30.3 Å². The largest absolute Gasteiger partial charge is 0.388 e. The molecule has 0 bridgehead atoms. The van der Waals surface area contributed by atoms with E-state index in [-0.39, 0.29) is 17.9 Å². The lowest BCUT2D eigenvalue weighted by molar-refractivity contribution is -0.205. The van der Waals surface area contributed by atoms with E-state index in [1.807, 2.05) is 0 Å². The highest BCUT2D eigenvalue weighted by molar-refractivity contribution is 7.99. The number of carbonyl (C=O) groups excluding carboxylic acids is 1. The third kappa shape index (κ3) is 5.72. The Hall–Kier alpha value is -1.17. The van der Waals surface area contributed by atoms with Crippen LogP contribution in [0.3, 0.4) is 0 Å². The molecule has 10 heteroatoms. The summed E-state index contributed by atoms with van der Waals surface area (Å²) in [7, 11) is 0. The molecular formula is C25H35ClN2O6S. The predicted octanol–water partition coefficient (Wildman–Crippen LogP) is 1.04. The minimum absolute atomic E-state index is 0.127. The summed E-state index contributed by atoms with van der Waals surface area (Å²) in [5, 5.41) is 36.7. The number of benzene rings is 1. The molecule has 0 aliphatic carbocycles. The van der Waals surface area contributed by atoms with Crippen LogP contribution in [0.1, 0.15) is 24.5 Å². The first-order valence-electron chi connectivity index (χ1n) is 12.0. The monoisotopic (exact) mass is 526 g/mol. The van der Waals surface area contributed by atoms with Gasteiger partial charge in [-0.1, -0.05) is 35.9 Å². The number of nitrogens with one attached hydrogen (secondary N) is 2. The fraction of sp³-hybridized carbons (Fsp3) is 0.640. The van der Waals surface area contributed by atoms with Gasteiger partial charge in [-0.25, -0.2) is 0 Å². The van der Waals surface area contributed by atoms with Crippen LogP contribution in [0, 0.1) is 12.8 Å². The molecule has 3 heterocycles. The maximum Gasteiger partial charge on any atom is 0.240 e. The summed E-state index contributed by atoms with van der Waals surface area (Å²) in [6.07, 6.45) is -0.741. The fourth-order valence-electron chi connectivity index (χ4n) is 5.15. The van der Waals surface area contributed by atoms with Crippen LogP contribution >= 0.6 is 23.4 Å². The van der Waals surface area contributed by atoms with Crippen molar-refractivity contribution in [1.29, 1.82) is 0 Å². The van der Waals surface area contributed by atoms with Crippen LogP contribution < -0.4 is 10.6 Å². The molecule has 10 atom stereocenters. The van der Waals surface area contributed by atoms with Crippen molar-refractivity contribution in [3.8, 4) is 0 Å². The third-order valence-electron chi connectivity index (χ3n) is 7.19. The number of ether oxygens (including phenoxy) is 2. The first-order valence-corrected chi connectivity index (χ1v) is 13.7. The van der Waals surface area contributed by atoms with E-state index in [9.17, 15) is 20.1 Å². The lowest BCUT2D eigenvalue weighted by Gasteiger charge is -2.44. The molecule has 35 heavy (non-hydrogen) atoms. The average Bonchev–Trinajstić information content (AvgIpc) is 3.12. The molecule has 0 saturated carbocycles. The van der Waals surface area contributed by atoms with E-state index in [1.54, 1.807) is 13.2 Å². The van der Waals surface area contributed by atoms with Gasteiger partial charge in [0.05, 0.1) is 24.1 Å². The van der Waals surface area contributed by atoms with E-state index in [0.717, 1.165) is 12.0 Å². The molecule has 0 spiro atoms. The third-order valence-corrected chi connectivity index (χ3v) is 8.32. The molecule has 8 nitrogen and oxygen atoms in total. The standard InChI is InChI=1S/C25H35ClN2O6S/c1-12-4-6-14(7-5-12)15-8-9-33-22-16(10-15)11-27-18(22)24(32)28-17(13(2)26)23-20(30)19(29)21(31)25(34-23)35-3/h4-8,13,16-23,25,27,29-31H,9-11H2,1-3H3,(H,28,32)/t13-,16-,17+,18-,19?,20-,21+,22+,23+,25?/m0/s1. The second-order valence-electron chi connectivity index (χ2n) is 9.63. The van der Waals surface area contributed by atoms with Crippen LogP contribution in [-0.2, 0) is 14.3 Å². The smallest absolute Gasteiger partial charge is 0.240 e. The number of halogens is 1. The molecule has 1 amide bonds. The number of hydrogen-bond acceptors (Lipinski definition) is 8. The van der Waals surface area contributed by atoms with E-state index in [2.05, 4.69) is 47.9 Å². The van der Waals surface area contributed by atoms with Crippen LogP contribution in [0.5, 0.6) is 0 Å². The van der Waals surface area contributed by atoms with Gasteiger partial charge in [0.15, 0.2) is 0 Å². The Balaban J connectivity index is 1.44. The van der Waals surface area contributed by atoms with Gasteiger partial charge in [0.2, 0.25) is 5.91 Å². The van der Waals surface area contributed by atoms with Gasteiger partial charge in [0.1, 0.15) is 35.9 Å². The lowest BCUT2D eigenvalue weighted by atomic mass is 9.90. The second kappa shape index (κ2) is 11.5. The number of thioether (sulfide) groups is 1. The van der Waals surface area contributed by atoms with Crippen LogP contribution in [-0.4, -0.2) is 94.1 Å². The summed E-state index contributed by atoms with van der Waals surface area (Å²) >= 11 is 7.63. The van der Waals surface area contributed by atoms with Crippen molar-refractivity contribution in [2.24, 2.45) is 5.92 Å². The fourth-order valence-corrected chi connectivity index (χ4v) is 6.04. The summed E-state index contributed by atoms with van der Waals surface area (Å²) in [4.78, 5) is 13.4. The van der Waals surface area contributed by atoms with E-state index < -0.39 is 47.3 Å². The number of alkyl halides is 1. The first kappa shape index (κ1) is 26.9. The Labute approximate surface area is 215 Å². The predicted molar refractivity (Wildman–Crippen MR) is 136 cm³/mol. The van der Waals surface area contributed by atoms with E-state index >= 15 is 0 Å². The van der Waals surface area contributed by atoms with E-state index in [1.165, 1.54) is 22.9 Å². The molecule has 5 N–H and O–H groups in total. The van der Waals surface area contributed by atoms with Gasteiger partial charge in [0, 0.05) is 12.5 Å². The van der Waals surface area contributed by atoms with E-state index in [4.69, 9.17) is 21.1 Å². The average molecular weight is 527 g/mol. The number of aryl methyl sites for hydroxylation is 1. The van der Waals surface area contributed by atoms with Crippen molar-refractivity contribution in [2.75, 3.05) is 19.4 Å². The summed E-state index contributed by atoms with van der Waals surface area (Å²) in [6, 6.07) is 7.04. The first-order chi connectivity index (χ1) is 16.7. The molecule has 0 radical (unpaired) electrons. The maximum atomic E-state index is 13.4. The normalized spacial score (nSPS) is 37.1. The summed E-state index contributed by atoms with van der Waals surface area (Å²) in [5.74, 6) is -0.173. The lowest BCUT2D eigenvalue weighted by Crippen LogP contribution is -2.65. The zero-order valence-corrected chi connectivity index (χ0v) is 21.7. The number of aliphatic hydroxyl groups excluding tert-OH is 3. The van der Waals surface area contributed by atoms with Crippen molar-refractivity contribution in [1.82, 2.24) is 10.6 Å². The molecule has 1 aromatic rings. The zero-order chi connectivity index (χ0) is 25.3. The highest BCUT2D eigenvalue weighted by Gasteiger charge is 2.49. The molecule has 194 valence electrons. The quantitative estimate of drug-likeness (QED) is 0.349. The zero-order valence-electron chi connectivity index (χ0n) is 20.1. The number of fused-ring (bicyclic) bond motifs is 1. The molecule has 1 aromatic carbocycles. The van der Waals surface area contributed by atoms with Gasteiger partial charge in [-0.2, -0.15) is 0 Å². The number of aliphatic hydroxyl groups is 3. The molecule has 3 aliphatic rings. The van der Waals surface area contributed by atoms with Gasteiger partial charge in [-0.3, -0.25) is 4.79 Å². The Morgan fingerprint density at radius 1 is 1.20 bits per heavy atom. The molecule has 0 aromatic heterocycles. The van der Waals surface area contributed by atoms with Gasteiger partial charge >= 0.3 is 0 Å². The van der Waals surface area contributed by atoms with Gasteiger partial charge in [-0.15, -0.1) is 23.4 Å². The highest BCUT2D eigenvalue weighted by atomic mass is 35.5. The number of rotatable bonds is 6. The maximum absolute atomic E-state index is 13.4. The summed E-state index contributed by atoms with van der Waals surface area (Å²) < 4.78 is 12.0. The van der Waals surface area contributed by atoms with Crippen molar-refractivity contribution in [3.63, 3.8) is 0 Å². The SMILES string of the molecule is CSC1O[C@H]([C@H](NC(=O)[C@H]2NC[C@@H]3CC(c4ccc(C)cc4)=CCO[C@H]32)[C@H](C)Cl)[C@@H](O)C(O)[C@H]1O. The molecule has 2 fully saturated rings. The molecular weight excluding hydrogens is 492 g/mol. The molecule has 2 unspecified atom stereocenters. The van der Waals surface area contributed by atoms with Gasteiger partial charge < -0.3 is 35.4 Å². The van der Waals surface area contributed by atoms with Crippen LogP contribution in [0.2, 0.25) is 0 Å². The minimum Gasteiger partial charge on any atom is -0.388 e. The Kier molecular flexibility index (Phi) is 8.82. The highest BCUT2D eigenvalue weighted by Crippen LogP contribution is 2.34.